The van der Waals surface area contributed by atoms with Gasteiger partial charge in [0.05, 0.1) is 18.5 Å². The highest BCUT2D eigenvalue weighted by molar-refractivity contribution is 7.89. The molecule has 6 nitrogen and oxygen atoms in total. The molecule has 0 aliphatic carbocycles. The number of morpholine rings is 1. The van der Waals surface area contributed by atoms with Crippen LogP contribution in [0.1, 0.15) is 19.8 Å². The fourth-order valence-corrected chi connectivity index (χ4v) is 3.13. The van der Waals surface area contributed by atoms with Crippen molar-refractivity contribution in [1.29, 1.82) is 0 Å². The second-order valence-electron chi connectivity index (χ2n) is 3.85. The number of carboxylic acid groups (broad SMARTS) is 1. The number of rotatable bonds is 5. The molecular formula is C9H17NO5S. The standard InChI is InChI=1S/C9H17NO5S/c1-8-7-10(4-5-15-8)16(13,14)6-2-3-9(11)12/h8H,2-7H2,1H3,(H,11,12). The highest BCUT2D eigenvalue weighted by Gasteiger charge is 2.27. The van der Waals surface area contributed by atoms with E-state index in [1.54, 1.807) is 0 Å². The molecule has 1 fully saturated rings. The van der Waals surface area contributed by atoms with Crippen LogP contribution < -0.4 is 0 Å². The Labute approximate surface area is 95.2 Å². The van der Waals surface area contributed by atoms with E-state index in [1.165, 1.54) is 4.31 Å². The van der Waals surface area contributed by atoms with Gasteiger partial charge in [-0.25, -0.2) is 8.42 Å². The second-order valence-corrected chi connectivity index (χ2v) is 5.94. The summed E-state index contributed by atoms with van der Waals surface area (Å²) in [4.78, 5) is 10.3. The molecular weight excluding hydrogens is 234 g/mol. The molecule has 0 bridgehead atoms. The van der Waals surface area contributed by atoms with Crippen LogP contribution in [0.5, 0.6) is 0 Å². The topological polar surface area (TPSA) is 83.9 Å². The van der Waals surface area contributed by atoms with Gasteiger partial charge in [-0.2, -0.15) is 4.31 Å². The van der Waals surface area contributed by atoms with Crippen molar-refractivity contribution in [3.8, 4) is 0 Å². The van der Waals surface area contributed by atoms with E-state index in [2.05, 4.69) is 0 Å². The molecule has 1 N–H and O–H groups in total. The summed E-state index contributed by atoms with van der Waals surface area (Å²) in [6.45, 7) is 2.94. The van der Waals surface area contributed by atoms with Crippen LogP contribution in [0.4, 0.5) is 0 Å². The van der Waals surface area contributed by atoms with E-state index in [1.807, 2.05) is 6.92 Å². The first-order chi connectivity index (χ1) is 7.42. The average Bonchev–Trinajstić information content (AvgIpc) is 2.16. The van der Waals surface area contributed by atoms with E-state index in [0.717, 1.165) is 0 Å². The first kappa shape index (κ1) is 13.4. The number of sulfonamides is 1. The molecule has 16 heavy (non-hydrogen) atoms. The van der Waals surface area contributed by atoms with E-state index < -0.39 is 16.0 Å². The zero-order valence-corrected chi connectivity index (χ0v) is 10.1. The molecule has 94 valence electrons. The predicted octanol–water partition coefficient (Wildman–Crippen LogP) is -0.0983. The summed E-state index contributed by atoms with van der Waals surface area (Å²) < 4.78 is 30.2. The van der Waals surface area contributed by atoms with Gasteiger partial charge in [0.25, 0.3) is 0 Å². The van der Waals surface area contributed by atoms with Crippen molar-refractivity contribution in [3.05, 3.63) is 0 Å². The van der Waals surface area contributed by atoms with Crippen molar-refractivity contribution < 1.29 is 23.1 Å². The van der Waals surface area contributed by atoms with Crippen molar-refractivity contribution in [1.82, 2.24) is 4.31 Å². The van der Waals surface area contributed by atoms with Crippen LogP contribution in [0.25, 0.3) is 0 Å². The first-order valence-corrected chi connectivity index (χ1v) is 6.84. The van der Waals surface area contributed by atoms with Crippen molar-refractivity contribution in [3.63, 3.8) is 0 Å². The molecule has 1 aliphatic heterocycles. The minimum absolute atomic E-state index is 0.0944. The van der Waals surface area contributed by atoms with E-state index in [9.17, 15) is 13.2 Å². The van der Waals surface area contributed by atoms with Gasteiger partial charge in [0.2, 0.25) is 10.0 Å². The lowest BCUT2D eigenvalue weighted by Gasteiger charge is -2.30. The normalized spacial score (nSPS) is 23.2. The Kier molecular flexibility index (Phi) is 4.69. The van der Waals surface area contributed by atoms with Crippen molar-refractivity contribution in [2.75, 3.05) is 25.4 Å². The maximum absolute atomic E-state index is 11.8. The van der Waals surface area contributed by atoms with Crippen molar-refractivity contribution in [2.45, 2.75) is 25.9 Å². The Morgan fingerprint density at radius 2 is 2.25 bits per heavy atom. The summed E-state index contributed by atoms with van der Waals surface area (Å²) in [5, 5.41) is 8.43. The number of hydrogen-bond donors (Lipinski definition) is 1. The Morgan fingerprint density at radius 1 is 1.56 bits per heavy atom. The number of hydrogen-bond acceptors (Lipinski definition) is 4. The summed E-state index contributed by atoms with van der Waals surface area (Å²) in [6, 6.07) is 0. The summed E-state index contributed by atoms with van der Waals surface area (Å²) in [7, 11) is -3.32. The molecule has 1 saturated heterocycles. The van der Waals surface area contributed by atoms with E-state index in [4.69, 9.17) is 9.84 Å². The van der Waals surface area contributed by atoms with Crippen LogP contribution in [0, 0.1) is 0 Å². The van der Waals surface area contributed by atoms with Crippen molar-refractivity contribution in [2.24, 2.45) is 0 Å². The third kappa shape index (κ3) is 4.07. The number of carboxylic acids is 1. The van der Waals surface area contributed by atoms with Gasteiger partial charge in [0.15, 0.2) is 0 Å². The summed E-state index contributed by atoms with van der Waals surface area (Å²) >= 11 is 0. The lowest BCUT2D eigenvalue weighted by atomic mass is 10.3. The molecule has 0 radical (unpaired) electrons. The Hall–Kier alpha value is -0.660. The zero-order chi connectivity index (χ0) is 12.2. The average molecular weight is 251 g/mol. The van der Waals surface area contributed by atoms with Crippen LogP contribution in [0.3, 0.4) is 0 Å². The molecule has 0 aromatic heterocycles. The van der Waals surface area contributed by atoms with E-state index >= 15 is 0 Å². The van der Waals surface area contributed by atoms with Gasteiger partial charge in [0, 0.05) is 19.5 Å². The van der Waals surface area contributed by atoms with Crippen LogP contribution in [-0.2, 0) is 19.6 Å². The lowest BCUT2D eigenvalue weighted by molar-refractivity contribution is -0.137. The molecule has 1 heterocycles. The van der Waals surface area contributed by atoms with Crippen LogP contribution in [-0.4, -0.2) is 55.4 Å². The molecule has 0 spiro atoms. The van der Waals surface area contributed by atoms with E-state index in [0.29, 0.717) is 19.7 Å². The number of nitrogens with zero attached hydrogens (tertiary/aromatic N) is 1. The van der Waals surface area contributed by atoms with Gasteiger partial charge in [-0.05, 0) is 13.3 Å². The third-order valence-corrected chi connectivity index (χ3v) is 4.31. The SMILES string of the molecule is CC1CN(S(=O)(=O)CCCC(=O)O)CCO1. The van der Waals surface area contributed by atoms with E-state index in [-0.39, 0.29) is 24.7 Å². The molecule has 1 atom stereocenters. The van der Waals surface area contributed by atoms with Crippen LogP contribution in [0.15, 0.2) is 0 Å². The molecule has 0 saturated carbocycles. The zero-order valence-electron chi connectivity index (χ0n) is 9.26. The van der Waals surface area contributed by atoms with Gasteiger partial charge in [-0.1, -0.05) is 0 Å². The highest BCUT2D eigenvalue weighted by Crippen LogP contribution is 2.11. The fourth-order valence-electron chi connectivity index (χ4n) is 1.57. The second kappa shape index (κ2) is 5.60. The number of ether oxygens (including phenoxy) is 1. The largest absolute Gasteiger partial charge is 0.481 e. The lowest BCUT2D eigenvalue weighted by Crippen LogP contribution is -2.45. The molecule has 1 unspecified atom stereocenters. The smallest absolute Gasteiger partial charge is 0.303 e. The van der Waals surface area contributed by atoms with Crippen LogP contribution >= 0.6 is 0 Å². The Morgan fingerprint density at radius 3 is 2.81 bits per heavy atom. The first-order valence-electron chi connectivity index (χ1n) is 5.23. The Bertz CT molecular complexity index is 340. The van der Waals surface area contributed by atoms with Gasteiger partial charge in [-0.3, -0.25) is 4.79 Å². The minimum Gasteiger partial charge on any atom is -0.481 e. The van der Waals surface area contributed by atoms with Gasteiger partial charge in [0.1, 0.15) is 0 Å². The maximum atomic E-state index is 11.8. The fraction of sp³-hybridized carbons (Fsp3) is 0.889. The van der Waals surface area contributed by atoms with Crippen molar-refractivity contribution >= 4 is 16.0 Å². The highest BCUT2D eigenvalue weighted by atomic mass is 32.2. The summed E-state index contributed by atoms with van der Waals surface area (Å²) in [5.41, 5.74) is 0. The molecule has 0 aromatic rings. The minimum atomic E-state index is -3.32. The summed E-state index contributed by atoms with van der Waals surface area (Å²) in [5.74, 6) is -1.07. The summed E-state index contributed by atoms with van der Waals surface area (Å²) in [6.07, 6.45) is -0.0503. The van der Waals surface area contributed by atoms with Crippen LogP contribution in [0.2, 0.25) is 0 Å². The number of carbonyl (C=O) groups is 1. The quantitative estimate of drug-likeness (QED) is 0.737. The predicted molar refractivity (Wildman–Crippen MR) is 57.6 cm³/mol. The molecule has 1 rings (SSSR count). The van der Waals surface area contributed by atoms with Gasteiger partial charge in [-0.15, -0.1) is 0 Å². The van der Waals surface area contributed by atoms with Gasteiger partial charge >= 0.3 is 5.97 Å². The molecule has 7 heteroatoms. The van der Waals surface area contributed by atoms with Gasteiger partial charge < -0.3 is 9.84 Å². The molecule has 0 aromatic carbocycles. The maximum Gasteiger partial charge on any atom is 0.303 e. The Balaban J connectivity index is 2.46. The monoisotopic (exact) mass is 251 g/mol. The molecule has 1 aliphatic rings. The third-order valence-electron chi connectivity index (χ3n) is 2.39. The molecule has 0 amide bonds. The number of aliphatic carboxylic acids is 1.